The maximum absolute atomic E-state index is 10.3. The van der Waals surface area contributed by atoms with Crippen molar-refractivity contribution in [3.8, 4) is 0 Å². The van der Waals surface area contributed by atoms with Crippen LogP contribution in [0.4, 0.5) is 0 Å². The maximum Gasteiger partial charge on any atom is 0.323 e. The molecule has 82 valence electrons. The third kappa shape index (κ3) is 4.03. The quantitative estimate of drug-likeness (QED) is 0.199. The smallest absolute Gasteiger partial charge is 0.323 e. The van der Waals surface area contributed by atoms with Gasteiger partial charge in [0, 0.05) is 0 Å². The number of guanidine groups is 1. The molecule has 8 nitrogen and oxygen atoms in total. The summed E-state index contributed by atoms with van der Waals surface area (Å²) in [7, 11) is 0. The third-order valence-corrected chi connectivity index (χ3v) is 1.51. The van der Waals surface area contributed by atoms with Crippen LogP contribution >= 0.6 is 0 Å². The molecule has 0 aromatic carbocycles. The van der Waals surface area contributed by atoms with Gasteiger partial charge in [-0.05, 0) is 0 Å². The van der Waals surface area contributed by atoms with Crippen molar-refractivity contribution in [2.45, 2.75) is 18.2 Å². The van der Waals surface area contributed by atoms with Crippen molar-refractivity contribution >= 4 is 11.9 Å². The average Bonchev–Trinajstić information content (AvgIpc) is 2.11. The molecule has 0 heterocycles. The predicted octanol–water partition coefficient (Wildman–Crippen LogP) is -3.61. The van der Waals surface area contributed by atoms with Gasteiger partial charge in [0.15, 0.2) is 5.96 Å². The van der Waals surface area contributed by atoms with Gasteiger partial charge >= 0.3 is 5.97 Å². The Labute approximate surface area is 80.0 Å². The van der Waals surface area contributed by atoms with E-state index in [1.54, 1.807) is 0 Å². The van der Waals surface area contributed by atoms with Crippen LogP contribution in [0.5, 0.6) is 0 Å². The van der Waals surface area contributed by atoms with E-state index >= 15 is 0 Å². The Hall–Kier alpha value is -1.38. The SMILES string of the molecule is NC(N)=NC[C@@H](O)[C@H](O)[C@H](N)C(=O)O. The van der Waals surface area contributed by atoms with Crippen LogP contribution in [-0.4, -0.2) is 52.0 Å². The van der Waals surface area contributed by atoms with Crippen molar-refractivity contribution in [1.29, 1.82) is 0 Å². The van der Waals surface area contributed by atoms with Gasteiger partial charge in [0.05, 0.1) is 6.54 Å². The number of aliphatic imine (C=N–C) groups is 1. The Bertz CT molecular complexity index is 228. The molecule has 9 N–H and O–H groups in total. The minimum atomic E-state index is -1.62. The van der Waals surface area contributed by atoms with Crippen LogP contribution in [0.25, 0.3) is 0 Å². The molecule has 0 saturated heterocycles. The molecular weight excluding hydrogens is 192 g/mol. The van der Waals surface area contributed by atoms with Gasteiger partial charge in [-0.15, -0.1) is 0 Å². The second kappa shape index (κ2) is 5.37. The van der Waals surface area contributed by atoms with Gasteiger partial charge in [0.25, 0.3) is 0 Å². The van der Waals surface area contributed by atoms with Crippen LogP contribution in [0.1, 0.15) is 0 Å². The van der Waals surface area contributed by atoms with Gasteiger partial charge in [-0.3, -0.25) is 9.79 Å². The van der Waals surface area contributed by atoms with Gasteiger partial charge in [-0.2, -0.15) is 0 Å². The fourth-order valence-electron chi connectivity index (χ4n) is 0.692. The summed E-state index contributed by atoms with van der Waals surface area (Å²) in [5.74, 6) is -1.68. The fourth-order valence-corrected chi connectivity index (χ4v) is 0.692. The average molecular weight is 206 g/mol. The zero-order valence-corrected chi connectivity index (χ0v) is 7.37. The summed E-state index contributed by atoms with van der Waals surface area (Å²) in [5, 5.41) is 26.7. The van der Waals surface area contributed by atoms with Crippen molar-refractivity contribution < 1.29 is 20.1 Å². The molecule has 0 unspecified atom stereocenters. The van der Waals surface area contributed by atoms with Gasteiger partial charge in [-0.1, -0.05) is 0 Å². The van der Waals surface area contributed by atoms with Crippen molar-refractivity contribution in [2.75, 3.05) is 6.54 Å². The molecule has 0 aromatic rings. The number of hydrogen-bond acceptors (Lipinski definition) is 5. The molecule has 0 saturated carbocycles. The van der Waals surface area contributed by atoms with Gasteiger partial charge < -0.3 is 32.5 Å². The summed E-state index contributed by atoms with van der Waals surface area (Å²) in [6, 6.07) is -1.57. The van der Waals surface area contributed by atoms with E-state index in [1.165, 1.54) is 0 Å². The molecular formula is C6H14N4O4. The van der Waals surface area contributed by atoms with Crippen LogP contribution in [0.2, 0.25) is 0 Å². The first-order chi connectivity index (χ1) is 6.36. The van der Waals surface area contributed by atoms with Crippen molar-refractivity contribution in [3.05, 3.63) is 0 Å². The molecule has 0 spiro atoms. The number of rotatable bonds is 5. The molecule has 0 aliphatic rings. The Morgan fingerprint density at radius 1 is 1.36 bits per heavy atom. The third-order valence-electron chi connectivity index (χ3n) is 1.51. The highest BCUT2D eigenvalue weighted by molar-refractivity contribution is 5.75. The van der Waals surface area contributed by atoms with Gasteiger partial charge in [0.1, 0.15) is 18.2 Å². The summed E-state index contributed by atoms with van der Waals surface area (Å²) in [6.07, 6.45) is -3.03. The van der Waals surface area contributed by atoms with E-state index in [0.29, 0.717) is 0 Å². The van der Waals surface area contributed by atoms with Crippen LogP contribution < -0.4 is 17.2 Å². The Kier molecular flexibility index (Phi) is 4.84. The molecule has 0 aromatic heterocycles. The summed E-state index contributed by atoms with van der Waals surface area (Å²) in [5.41, 5.74) is 15.0. The lowest BCUT2D eigenvalue weighted by Crippen LogP contribution is -2.49. The molecule has 3 atom stereocenters. The molecule has 0 bridgehead atoms. The lowest BCUT2D eigenvalue weighted by molar-refractivity contribution is -0.143. The van der Waals surface area contributed by atoms with E-state index in [4.69, 9.17) is 27.4 Å². The first kappa shape index (κ1) is 12.6. The van der Waals surface area contributed by atoms with Gasteiger partial charge in [-0.25, -0.2) is 0 Å². The van der Waals surface area contributed by atoms with Gasteiger partial charge in [0.2, 0.25) is 0 Å². The molecule has 0 aliphatic heterocycles. The minimum Gasteiger partial charge on any atom is -0.480 e. The lowest BCUT2D eigenvalue weighted by atomic mass is 10.1. The Morgan fingerprint density at radius 3 is 2.21 bits per heavy atom. The highest BCUT2D eigenvalue weighted by atomic mass is 16.4. The van der Waals surface area contributed by atoms with Crippen molar-refractivity contribution in [3.63, 3.8) is 0 Å². The maximum atomic E-state index is 10.3. The number of carboxylic acid groups (broad SMARTS) is 1. The van der Waals surface area contributed by atoms with Crippen LogP contribution in [0.15, 0.2) is 4.99 Å². The zero-order chi connectivity index (χ0) is 11.3. The summed E-state index contributed by atoms with van der Waals surface area (Å²) in [6.45, 7) is -0.301. The first-order valence-electron chi connectivity index (χ1n) is 3.76. The van der Waals surface area contributed by atoms with E-state index in [0.717, 1.165) is 0 Å². The van der Waals surface area contributed by atoms with E-state index in [1.807, 2.05) is 0 Å². The molecule has 0 radical (unpaired) electrons. The van der Waals surface area contributed by atoms with E-state index in [2.05, 4.69) is 4.99 Å². The number of nitrogens with two attached hydrogens (primary N) is 3. The molecule has 0 rings (SSSR count). The Morgan fingerprint density at radius 2 is 1.86 bits per heavy atom. The fraction of sp³-hybridized carbons (Fsp3) is 0.667. The number of aliphatic carboxylic acids is 1. The van der Waals surface area contributed by atoms with E-state index < -0.39 is 24.2 Å². The number of carbonyl (C=O) groups is 1. The second-order valence-electron chi connectivity index (χ2n) is 2.69. The van der Waals surface area contributed by atoms with E-state index in [9.17, 15) is 9.90 Å². The number of carboxylic acids is 1. The van der Waals surface area contributed by atoms with Crippen LogP contribution in [0, 0.1) is 0 Å². The Balaban J connectivity index is 4.18. The van der Waals surface area contributed by atoms with Crippen molar-refractivity contribution in [2.24, 2.45) is 22.2 Å². The lowest BCUT2D eigenvalue weighted by Gasteiger charge is -2.19. The molecule has 0 fully saturated rings. The molecule has 14 heavy (non-hydrogen) atoms. The normalized spacial score (nSPS) is 16.8. The molecule has 0 aliphatic carbocycles. The number of aliphatic hydroxyl groups excluding tert-OH is 2. The number of nitrogens with zero attached hydrogens (tertiary/aromatic N) is 1. The van der Waals surface area contributed by atoms with Crippen LogP contribution in [0.3, 0.4) is 0 Å². The second-order valence-corrected chi connectivity index (χ2v) is 2.69. The van der Waals surface area contributed by atoms with Crippen molar-refractivity contribution in [1.82, 2.24) is 0 Å². The molecule has 0 amide bonds. The number of hydrogen-bond donors (Lipinski definition) is 6. The molecule has 8 heteroatoms. The standard InChI is InChI=1S/C6H14N4O4/c7-3(5(13)14)4(12)2(11)1-10-6(8)9/h2-4,11-12H,1,7H2,(H,13,14)(H4,8,9,10)/t2-,3+,4+/m1/s1. The summed E-state index contributed by atoms with van der Waals surface area (Å²) >= 11 is 0. The monoisotopic (exact) mass is 206 g/mol. The minimum absolute atomic E-state index is 0.264. The predicted molar refractivity (Wildman–Crippen MR) is 48.3 cm³/mol. The van der Waals surface area contributed by atoms with E-state index in [-0.39, 0.29) is 12.5 Å². The topological polar surface area (TPSA) is 168 Å². The largest absolute Gasteiger partial charge is 0.480 e. The first-order valence-corrected chi connectivity index (χ1v) is 3.76. The zero-order valence-electron chi connectivity index (χ0n) is 7.37. The highest BCUT2D eigenvalue weighted by Crippen LogP contribution is 1.99. The number of aliphatic hydroxyl groups is 2. The van der Waals surface area contributed by atoms with Crippen LogP contribution in [-0.2, 0) is 4.79 Å². The highest BCUT2D eigenvalue weighted by Gasteiger charge is 2.28. The summed E-state index contributed by atoms with van der Waals surface area (Å²) in [4.78, 5) is 13.7. The summed E-state index contributed by atoms with van der Waals surface area (Å²) < 4.78 is 0.